The van der Waals surface area contributed by atoms with Gasteiger partial charge >= 0.3 is 0 Å². The summed E-state index contributed by atoms with van der Waals surface area (Å²) in [6.45, 7) is 0. The van der Waals surface area contributed by atoms with Crippen LogP contribution in [0.25, 0.3) is 0 Å². The average molecular weight is 258 g/mol. The Morgan fingerprint density at radius 2 is 1.53 bits per heavy atom. The molecular weight excluding hydrogens is 240 g/mol. The fraction of sp³-hybridized carbons (Fsp3) is 0.500. The Morgan fingerprint density at radius 1 is 0.947 bits per heavy atom. The second-order valence-corrected chi connectivity index (χ2v) is 5.56. The summed E-state index contributed by atoms with van der Waals surface area (Å²) >= 11 is 0. The summed E-state index contributed by atoms with van der Waals surface area (Å²) < 4.78 is 5.91. The number of rotatable bonds is 2. The van der Waals surface area contributed by atoms with E-state index in [2.05, 4.69) is 0 Å². The molecule has 0 bridgehead atoms. The van der Waals surface area contributed by atoms with Crippen LogP contribution in [0.3, 0.4) is 0 Å². The molecule has 0 unspecified atom stereocenters. The predicted octanol–water partition coefficient (Wildman–Crippen LogP) is 2.93. The molecule has 2 aliphatic carbocycles. The van der Waals surface area contributed by atoms with Gasteiger partial charge < -0.3 is 4.74 Å². The molecule has 1 aromatic rings. The van der Waals surface area contributed by atoms with Gasteiger partial charge in [0.15, 0.2) is 0 Å². The van der Waals surface area contributed by atoms with Crippen molar-refractivity contribution < 1.29 is 14.3 Å². The lowest BCUT2D eigenvalue weighted by atomic mass is 9.71. The van der Waals surface area contributed by atoms with Crippen molar-refractivity contribution in [1.82, 2.24) is 0 Å². The van der Waals surface area contributed by atoms with Crippen molar-refractivity contribution in [2.75, 3.05) is 0 Å². The van der Waals surface area contributed by atoms with Crippen LogP contribution in [0.1, 0.15) is 38.5 Å². The summed E-state index contributed by atoms with van der Waals surface area (Å²) in [6, 6.07) is 9.73. The van der Waals surface area contributed by atoms with Gasteiger partial charge in [-0.25, -0.2) is 0 Å². The van der Waals surface area contributed by atoms with Gasteiger partial charge in [-0.3, -0.25) is 9.59 Å². The van der Waals surface area contributed by atoms with Crippen LogP contribution in [0, 0.1) is 5.41 Å². The molecule has 0 aliphatic heterocycles. The highest BCUT2D eigenvalue weighted by Crippen LogP contribution is 2.44. The Morgan fingerprint density at radius 3 is 2.11 bits per heavy atom. The minimum Gasteiger partial charge on any atom is -0.490 e. The maximum atomic E-state index is 12.0. The molecule has 0 amide bonds. The Balaban J connectivity index is 1.64. The number of ether oxygens (including phenoxy) is 1. The first kappa shape index (κ1) is 12.4. The maximum absolute atomic E-state index is 12.0. The first-order valence-electron chi connectivity index (χ1n) is 6.99. The average Bonchev–Trinajstić information content (AvgIpc) is 2.71. The second-order valence-electron chi connectivity index (χ2n) is 5.56. The summed E-state index contributed by atoms with van der Waals surface area (Å²) in [4.78, 5) is 23.9. The lowest BCUT2D eigenvalue weighted by Crippen LogP contribution is -2.39. The molecule has 3 heteroatoms. The van der Waals surface area contributed by atoms with Crippen LogP contribution >= 0.6 is 0 Å². The van der Waals surface area contributed by atoms with E-state index in [-0.39, 0.29) is 17.7 Å². The molecule has 3 nitrogen and oxygen atoms in total. The van der Waals surface area contributed by atoms with E-state index in [9.17, 15) is 9.59 Å². The van der Waals surface area contributed by atoms with Gasteiger partial charge in [-0.2, -0.15) is 0 Å². The minimum atomic E-state index is -0.642. The van der Waals surface area contributed by atoms with Crippen LogP contribution in [0.2, 0.25) is 0 Å². The summed E-state index contributed by atoms with van der Waals surface area (Å²) in [5, 5.41) is 0. The van der Waals surface area contributed by atoms with Gasteiger partial charge in [0, 0.05) is 12.8 Å². The molecule has 2 saturated carbocycles. The molecule has 3 rings (SSSR count). The second kappa shape index (κ2) is 4.80. The van der Waals surface area contributed by atoms with Gasteiger partial charge in [-0.05, 0) is 37.8 Å². The van der Waals surface area contributed by atoms with Crippen molar-refractivity contribution in [1.29, 1.82) is 0 Å². The summed E-state index contributed by atoms with van der Waals surface area (Å²) in [7, 11) is 0. The summed E-state index contributed by atoms with van der Waals surface area (Å²) in [5.41, 5.74) is -0.642. The van der Waals surface area contributed by atoms with Gasteiger partial charge in [0.2, 0.25) is 0 Å². The number of para-hydroxylation sites is 1. The van der Waals surface area contributed by atoms with Crippen molar-refractivity contribution in [3.63, 3.8) is 0 Å². The van der Waals surface area contributed by atoms with Crippen LogP contribution in [-0.4, -0.2) is 17.7 Å². The molecule has 2 fully saturated rings. The van der Waals surface area contributed by atoms with E-state index < -0.39 is 5.41 Å². The predicted molar refractivity (Wildman–Crippen MR) is 71.0 cm³/mol. The highest BCUT2D eigenvalue weighted by Gasteiger charge is 2.50. The molecule has 0 N–H and O–H groups in total. The first-order valence-corrected chi connectivity index (χ1v) is 6.99. The molecule has 0 atom stereocenters. The Kier molecular flexibility index (Phi) is 3.13. The van der Waals surface area contributed by atoms with Crippen molar-refractivity contribution >= 4 is 11.6 Å². The monoisotopic (exact) mass is 258 g/mol. The maximum Gasteiger partial charge on any atom is 0.146 e. The Hall–Kier alpha value is -1.64. The van der Waals surface area contributed by atoms with Gasteiger partial charge in [0.05, 0.1) is 11.5 Å². The number of carbonyl (C=O) groups excluding carboxylic acids is 2. The zero-order valence-electron chi connectivity index (χ0n) is 10.9. The molecule has 2 aliphatic rings. The van der Waals surface area contributed by atoms with Gasteiger partial charge in [-0.1, -0.05) is 18.2 Å². The molecule has 1 spiro atoms. The van der Waals surface area contributed by atoms with Crippen molar-refractivity contribution in [2.24, 2.45) is 5.41 Å². The third kappa shape index (κ3) is 2.18. The van der Waals surface area contributed by atoms with E-state index >= 15 is 0 Å². The van der Waals surface area contributed by atoms with Crippen LogP contribution < -0.4 is 4.74 Å². The highest BCUT2D eigenvalue weighted by molar-refractivity contribution is 6.12. The molecule has 0 saturated heterocycles. The Bertz CT molecular complexity index is 466. The third-order valence-electron chi connectivity index (χ3n) is 4.48. The minimum absolute atomic E-state index is 0.134. The normalized spacial score (nSPS) is 22.9. The molecule has 19 heavy (non-hydrogen) atoms. The topological polar surface area (TPSA) is 43.4 Å². The lowest BCUT2D eigenvalue weighted by molar-refractivity contribution is -0.138. The molecule has 100 valence electrons. The van der Waals surface area contributed by atoms with Crippen LogP contribution in [-0.2, 0) is 9.59 Å². The smallest absolute Gasteiger partial charge is 0.146 e. The molecular formula is C16H18O3. The van der Waals surface area contributed by atoms with E-state index in [0.29, 0.717) is 25.7 Å². The van der Waals surface area contributed by atoms with E-state index in [0.717, 1.165) is 18.6 Å². The third-order valence-corrected chi connectivity index (χ3v) is 4.48. The largest absolute Gasteiger partial charge is 0.490 e. The fourth-order valence-corrected chi connectivity index (χ4v) is 3.31. The van der Waals surface area contributed by atoms with E-state index in [1.54, 1.807) is 0 Å². The van der Waals surface area contributed by atoms with Gasteiger partial charge in [-0.15, -0.1) is 0 Å². The standard InChI is InChI=1S/C16H18O3/c17-14-6-7-15(18)16(14)10-8-13(9-11-16)19-12-4-2-1-3-5-12/h1-5,13H,6-11H2. The summed E-state index contributed by atoms with van der Waals surface area (Å²) in [5.74, 6) is 1.19. The lowest BCUT2D eigenvalue weighted by Gasteiger charge is -2.34. The molecule has 0 radical (unpaired) electrons. The van der Waals surface area contributed by atoms with Crippen molar-refractivity contribution in [3.8, 4) is 5.75 Å². The van der Waals surface area contributed by atoms with E-state index in [4.69, 9.17) is 4.74 Å². The van der Waals surface area contributed by atoms with E-state index in [1.165, 1.54) is 0 Å². The van der Waals surface area contributed by atoms with Crippen molar-refractivity contribution in [2.45, 2.75) is 44.6 Å². The fourth-order valence-electron chi connectivity index (χ4n) is 3.31. The number of hydrogen-bond donors (Lipinski definition) is 0. The quantitative estimate of drug-likeness (QED) is 0.766. The number of carbonyl (C=O) groups is 2. The number of benzene rings is 1. The SMILES string of the molecule is O=C1CCC(=O)C12CCC(Oc1ccccc1)CC2. The zero-order valence-corrected chi connectivity index (χ0v) is 10.9. The number of ketones is 2. The van der Waals surface area contributed by atoms with Crippen LogP contribution in [0.4, 0.5) is 0 Å². The van der Waals surface area contributed by atoms with Crippen LogP contribution in [0.15, 0.2) is 30.3 Å². The molecule has 0 heterocycles. The number of hydrogen-bond acceptors (Lipinski definition) is 3. The zero-order chi connectivity index (χ0) is 13.3. The number of Topliss-reactive ketones (excluding diaryl/α,β-unsaturated/α-hetero) is 2. The van der Waals surface area contributed by atoms with E-state index in [1.807, 2.05) is 30.3 Å². The first-order chi connectivity index (χ1) is 9.21. The molecule has 0 aromatic heterocycles. The van der Waals surface area contributed by atoms with Crippen molar-refractivity contribution in [3.05, 3.63) is 30.3 Å². The summed E-state index contributed by atoms with van der Waals surface area (Å²) in [6.07, 6.45) is 3.96. The Labute approximate surface area is 113 Å². The highest BCUT2D eigenvalue weighted by atomic mass is 16.5. The van der Waals surface area contributed by atoms with Gasteiger partial charge in [0.25, 0.3) is 0 Å². The van der Waals surface area contributed by atoms with Crippen LogP contribution in [0.5, 0.6) is 5.75 Å². The van der Waals surface area contributed by atoms with Gasteiger partial charge in [0.1, 0.15) is 17.3 Å². The molecule has 1 aromatic carbocycles.